The number of nitrogens with zero attached hydrogens (tertiary/aromatic N) is 2. The van der Waals surface area contributed by atoms with Gasteiger partial charge in [0.2, 0.25) is 0 Å². The van der Waals surface area contributed by atoms with Gasteiger partial charge in [0.1, 0.15) is 11.2 Å². The van der Waals surface area contributed by atoms with Gasteiger partial charge in [0.15, 0.2) is 5.78 Å². The molecular formula is C11H10N2O2. The van der Waals surface area contributed by atoms with Gasteiger partial charge in [-0.25, -0.2) is 4.98 Å². The number of Topliss-reactive ketones (excluding diaryl/α,β-unsaturated/α-hetero) is 1. The minimum atomic E-state index is -0.309. The lowest BCUT2D eigenvalue weighted by Crippen LogP contribution is -2.21. The lowest BCUT2D eigenvalue weighted by atomic mass is 10.2. The van der Waals surface area contributed by atoms with Crippen molar-refractivity contribution in [2.75, 3.05) is 0 Å². The van der Waals surface area contributed by atoms with Crippen LogP contribution in [0, 0.1) is 6.92 Å². The summed E-state index contributed by atoms with van der Waals surface area (Å²) in [6.45, 7) is 3.23. The van der Waals surface area contributed by atoms with E-state index in [1.807, 2.05) is 13.0 Å². The van der Waals surface area contributed by atoms with E-state index in [-0.39, 0.29) is 16.9 Å². The molecule has 0 aliphatic rings. The minimum Gasteiger partial charge on any atom is -0.294 e. The van der Waals surface area contributed by atoms with E-state index < -0.39 is 0 Å². The summed E-state index contributed by atoms with van der Waals surface area (Å²) in [4.78, 5) is 27.1. The van der Waals surface area contributed by atoms with Crippen molar-refractivity contribution in [1.82, 2.24) is 9.38 Å². The predicted molar refractivity (Wildman–Crippen MR) is 56.2 cm³/mol. The monoisotopic (exact) mass is 202 g/mol. The summed E-state index contributed by atoms with van der Waals surface area (Å²) >= 11 is 0. The fourth-order valence-corrected chi connectivity index (χ4v) is 1.49. The fraction of sp³-hybridized carbons (Fsp3) is 0.182. The number of carbonyl (C=O) groups is 1. The van der Waals surface area contributed by atoms with Crippen LogP contribution in [0.2, 0.25) is 0 Å². The molecule has 0 radical (unpaired) electrons. The Labute approximate surface area is 86.2 Å². The van der Waals surface area contributed by atoms with Gasteiger partial charge in [-0.1, -0.05) is 6.07 Å². The first-order valence-electron chi connectivity index (χ1n) is 4.59. The van der Waals surface area contributed by atoms with Crippen LogP contribution in [0.25, 0.3) is 5.65 Å². The van der Waals surface area contributed by atoms with Crippen LogP contribution in [0.5, 0.6) is 0 Å². The van der Waals surface area contributed by atoms with Crippen LogP contribution >= 0.6 is 0 Å². The van der Waals surface area contributed by atoms with E-state index in [0.29, 0.717) is 5.65 Å². The van der Waals surface area contributed by atoms with Crippen LogP contribution in [-0.2, 0) is 0 Å². The number of aryl methyl sites for hydroxylation is 1. The molecule has 0 aliphatic carbocycles. The lowest BCUT2D eigenvalue weighted by Gasteiger charge is -2.03. The Hall–Kier alpha value is -1.97. The van der Waals surface area contributed by atoms with E-state index in [4.69, 9.17) is 0 Å². The smallest absolute Gasteiger partial charge is 0.268 e. The largest absolute Gasteiger partial charge is 0.294 e. The molecule has 0 fully saturated rings. The van der Waals surface area contributed by atoms with E-state index in [1.54, 1.807) is 12.3 Å². The van der Waals surface area contributed by atoms with Crippen LogP contribution in [0.3, 0.4) is 0 Å². The molecule has 2 heterocycles. The van der Waals surface area contributed by atoms with Gasteiger partial charge in [-0.2, -0.15) is 0 Å². The van der Waals surface area contributed by atoms with Crippen molar-refractivity contribution in [3.8, 4) is 0 Å². The van der Waals surface area contributed by atoms with Gasteiger partial charge in [0.05, 0.1) is 0 Å². The van der Waals surface area contributed by atoms with Crippen LogP contribution in [-0.4, -0.2) is 15.2 Å². The molecule has 0 aromatic carbocycles. The summed E-state index contributed by atoms with van der Waals surface area (Å²) in [6.07, 6.45) is 2.96. The number of aromatic nitrogens is 2. The summed E-state index contributed by atoms with van der Waals surface area (Å²) in [5.41, 5.74) is 1.31. The molecule has 0 spiro atoms. The third kappa shape index (κ3) is 1.44. The molecule has 76 valence electrons. The molecule has 0 amide bonds. The van der Waals surface area contributed by atoms with Gasteiger partial charge in [-0.05, 0) is 25.5 Å². The molecule has 2 aromatic heterocycles. The predicted octanol–water partition coefficient (Wildman–Crippen LogP) is 1.21. The van der Waals surface area contributed by atoms with E-state index in [2.05, 4.69) is 4.98 Å². The SMILES string of the molecule is CC(=O)c1cnc2c(C)cccn2c1=O. The Morgan fingerprint density at radius 2 is 2.20 bits per heavy atom. The van der Waals surface area contributed by atoms with Crippen LogP contribution in [0.1, 0.15) is 22.8 Å². The standard InChI is InChI=1S/C11H10N2O2/c1-7-4-3-5-13-10(7)12-6-9(8(2)14)11(13)15/h3-6H,1-2H3. The third-order valence-electron chi connectivity index (χ3n) is 2.31. The molecule has 4 heteroatoms. The zero-order chi connectivity index (χ0) is 11.0. The van der Waals surface area contributed by atoms with Gasteiger partial charge in [0, 0.05) is 12.4 Å². The van der Waals surface area contributed by atoms with E-state index in [1.165, 1.54) is 17.5 Å². The Balaban J connectivity index is 2.92. The second kappa shape index (κ2) is 3.31. The van der Waals surface area contributed by atoms with Gasteiger partial charge in [-0.3, -0.25) is 14.0 Å². The second-order valence-electron chi connectivity index (χ2n) is 3.42. The number of hydrogen-bond acceptors (Lipinski definition) is 3. The molecule has 0 N–H and O–H groups in total. The Kier molecular flexibility index (Phi) is 2.11. The van der Waals surface area contributed by atoms with Gasteiger partial charge in [0.25, 0.3) is 5.56 Å². The van der Waals surface area contributed by atoms with Crippen molar-refractivity contribution in [3.63, 3.8) is 0 Å². The topological polar surface area (TPSA) is 51.4 Å². The summed E-state index contributed by atoms with van der Waals surface area (Å²) in [5, 5.41) is 0. The van der Waals surface area contributed by atoms with Crippen molar-refractivity contribution >= 4 is 11.4 Å². The molecular weight excluding hydrogens is 192 g/mol. The van der Waals surface area contributed by atoms with Crippen LogP contribution in [0.15, 0.2) is 29.3 Å². The number of carbonyl (C=O) groups excluding carboxylic acids is 1. The zero-order valence-electron chi connectivity index (χ0n) is 8.52. The maximum atomic E-state index is 11.8. The summed E-state index contributed by atoms with van der Waals surface area (Å²) in [5.74, 6) is -0.261. The van der Waals surface area contributed by atoms with Crippen molar-refractivity contribution in [1.29, 1.82) is 0 Å². The number of fused-ring (bicyclic) bond motifs is 1. The summed E-state index contributed by atoms with van der Waals surface area (Å²) in [7, 11) is 0. The molecule has 15 heavy (non-hydrogen) atoms. The number of ketones is 1. The van der Waals surface area contributed by atoms with E-state index >= 15 is 0 Å². The Bertz CT molecular complexity index is 599. The summed E-state index contributed by atoms with van der Waals surface area (Å²) in [6, 6.07) is 3.63. The molecule has 0 aliphatic heterocycles. The average molecular weight is 202 g/mol. The highest BCUT2D eigenvalue weighted by Gasteiger charge is 2.09. The lowest BCUT2D eigenvalue weighted by molar-refractivity contribution is 0.101. The minimum absolute atomic E-state index is 0.123. The quantitative estimate of drug-likeness (QED) is 0.653. The van der Waals surface area contributed by atoms with Crippen molar-refractivity contribution < 1.29 is 4.79 Å². The molecule has 0 saturated carbocycles. The van der Waals surface area contributed by atoms with E-state index in [0.717, 1.165) is 5.56 Å². The first-order valence-corrected chi connectivity index (χ1v) is 4.59. The highest BCUT2D eigenvalue weighted by molar-refractivity contribution is 5.93. The average Bonchev–Trinajstić information content (AvgIpc) is 2.19. The Morgan fingerprint density at radius 3 is 2.87 bits per heavy atom. The first-order chi connectivity index (χ1) is 7.11. The fourth-order valence-electron chi connectivity index (χ4n) is 1.49. The molecule has 0 saturated heterocycles. The van der Waals surface area contributed by atoms with Gasteiger partial charge in [-0.15, -0.1) is 0 Å². The van der Waals surface area contributed by atoms with Gasteiger partial charge < -0.3 is 0 Å². The van der Waals surface area contributed by atoms with Crippen LogP contribution in [0.4, 0.5) is 0 Å². The molecule has 2 aromatic rings. The van der Waals surface area contributed by atoms with Gasteiger partial charge >= 0.3 is 0 Å². The maximum Gasteiger partial charge on any atom is 0.268 e. The number of rotatable bonds is 1. The molecule has 0 unspecified atom stereocenters. The molecule has 0 atom stereocenters. The molecule has 0 bridgehead atoms. The first kappa shape index (κ1) is 9.58. The maximum absolute atomic E-state index is 11.8. The molecule has 2 rings (SSSR count). The van der Waals surface area contributed by atoms with E-state index in [9.17, 15) is 9.59 Å². The second-order valence-corrected chi connectivity index (χ2v) is 3.42. The number of pyridine rings is 1. The highest BCUT2D eigenvalue weighted by atomic mass is 16.1. The summed E-state index contributed by atoms with van der Waals surface area (Å²) < 4.78 is 1.39. The van der Waals surface area contributed by atoms with Crippen molar-refractivity contribution in [2.45, 2.75) is 13.8 Å². The zero-order valence-corrected chi connectivity index (χ0v) is 8.52. The van der Waals surface area contributed by atoms with Crippen molar-refractivity contribution in [3.05, 3.63) is 46.0 Å². The van der Waals surface area contributed by atoms with Crippen LogP contribution < -0.4 is 5.56 Å². The Morgan fingerprint density at radius 1 is 1.47 bits per heavy atom. The molecule has 4 nitrogen and oxygen atoms in total. The number of hydrogen-bond donors (Lipinski definition) is 0. The third-order valence-corrected chi connectivity index (χ3v) is 2.31. The highest BCUT2D eigenvalue weighted by Crippen LogP contribution is 2.04. The normalized spacial score (nSPS) is 10.5. The van der Waals surface area contributed by atoms with Crippen molar-refractivity contribution in [2.24, 2.45) is 0 Å².